The predicted molar refractivity (Wildman–Crippen MR) is 143 cm³/mol. The molecule has 2 atom stereocenters. The Hall–Kier alpha value is -3.39. The number of imide groups is 1. The Morgan fingerprint density at radius 2 is 1.79 bits per heavy atom. The highest BCUT2D eigenvalue weighted by Gasteiger charge is 2.45. The molecule has 2 amide bonds. The van der Waals surface area contributed by atoms with E-state index in [1.54, 1.807) is 18.2 Å². The molecule has 2 aliphatic rings. The molecule has 2 fully saturated rings. The van der Waals surface area contributed by atoms with Gasteiger partial charge in [0.25, 0.3) is 11.1 Å². The van der Waals surface area contributed by atoms with Crippen molar-refractivity contribution in [3.8, 4) is 0 Å². The molecule has 224 valence electrons. The maximum atomic E-state index is 15.0. The van der Waals surface area contributed by atoms with Gasteiger partial charge in [0.1, 0.15) is 6.17 Å². The Bertz CT molecular complexity index is 1560. The van der Waals surface area contributed by atoms with Crippen LogP contribution in [0.1, 0.15) is 42.5 Å². The van der Waals surface area contributed by atoms with Gasteiger partial charge >= 0.3 is 12.4 Å². The smallest absolute Gasteiger partial charge is 0.298 e. The minimum atomic E-state index is -5.01. The monoisotopic (exact) mass is 614 g/mol. The second-order valence-corrected chi connectivity index (χ2v) is 11.5. The van der Waals surface area contributed by atoms with Gasteiger partial charge in [-0.1, -0.05) is 12.1 Å². The minimum Gasteiger partial charge on any atom is -0.298 e. The maximum Gasteiger partial charge on any atom is 0.416 e. The fraction of sp³-hybridized carbons (Fsp3) is 0.393. The van der Waals surface area contributed by atoms with E-state index in [1.165, 1.54) is 17.0 Å². The normalized spacial score (nSPS) is 21.9. The van der Waals surface area contributed by atoms with E-state index >= 15 is 0 Å². The molecule has 3 heterocycles. The predicted octanol–water partition coefficient (Wildman–Crippen LogP) is 6.98. The number of aromatic nitrogens is 2. The topological polar surface area (TPSA) is 58.4 Å². The first-order valence-electron chi connectivity index (χ1n) is 13.0. The largest absolute Gasteiger partial charge is 0.416 e. The minimum absolute atomic E-state index is 0.0882. The summed E-state index contributed by atoms with van der Waals surface area (Å²) in [7, 11) is 0. The van der Waals surface area contributed by atoms with Crippen LogP contribution in [0.4, 0.5) is 35.5 Å². The van der Waals surface area contributed by atoms with Gasteiger partial charge in [-0.05, 0) is 73.5 Å². The third-order valence-electron chi connectivity index (χ3n) is 7.45. The van der Waals surface area contributed by atoms with Crippen LogP contribution in [0.3, 0.4) is 0 Å². The summed E-state index contributed by atoms with van der Waals surface area (Å²) in [5.41, 5.74) is -2.28. The summed E-state index contributed by atoms with van der Waals surface area (Å²) >= 11 is 0.709. The van der Waals surface area contributed by atoms with Gasteiger partial charge in [-0.25, -0.2) is 4.39 Å². The first-order chi connectivity index (χ1) is 19.6. The van der Waals surface area contributed by atoms with Crippen LogP contribution in [0.15, 0.2) is 47.5 Å². The Balaban J connectivity index is 1.37. The second-order valence-electron chi connectivity index (χ2n) is 10.5. The Morgan fingerprint density at radius 3 is 2.43 bits per heavy atom. The molecule has 2 aliphatic heterocycles. The van der Waals surface area contributed by atoms with Crippen molar-refractivity contribution in [1.82, 2.24) is 19.6 Å². The molecule has 1 unspecified atom stereocenters. The molecule has 0 aliphatic carbocycles. The van der Waals surface area contributed by atoms with Gasteiger partial charge in [-0.15, -0.1) is 0 Å². The van der Waals surface area contributed by atoms with Gasteiger partial charge in [-0.3, -0.25) is 24.1 Å². The fourth-order valence-electron chi connectivity index (χ4n) is 5.23. The summed E-state index contributed by atoms with van der Waals surface area (Å²) in [6.07, 6.45) is -8.13. The van der Waals surface area contributed by atoms with Gasteiger partial charge < -0.3 is 0 Å². The number of carbonyl (C=O) groups is 2. The first kappa shape index (κ1) is 30.1. The lowest BCUT2D eigenvalue weighted by atomic mass is 10.00. The van der Waals surface area contributed by atoms with Crippen LogP contribution in [-0.2, 0) is 23.7 Å². The number of hydrogen-bond donors (Lipinski definition) is 0. The number of halogens is 7. The molecule has 2 aromatic carbocycles. The third kappa shape index (κ3) is 5.91. The zero-order chi connectivity index (χ0) is 30.6. The Labute approximate surface area is 240 Å². The lowest BCUT2D eigenvalue weighted by Gasteiger charge is -2.39. The van der Waals surface area contributed by atoms with Gasteiger partial charge in [0, 0.05) is 24.5 Å². The third-order valence-corrected chi connectivity index (χ3v) is 8.33. The summed E-state index contributed by atoms with van der Waals surface area (Å²) in [5, 5.41) is 4.05. The van der Waals surface area contributed by atoms with Crippen LogP contribution < -0.4 is 0 Å². The number of rotatable bonds is 5. The number of nitrogens with zero attached hydrogens (tertiary/aromatic N) is 4. The van der Waals surface area contributed by atoms with Gasteiger partial charge in [-0.2, -0.15) is 31.4 Å². The van der Waals surface area contributed by atoms with E-state index in [-0.39, 0.29) is 29.1 Å². The van der Waals surface area contributed by atoms with E-state index in [4.69, 9.17) is 0 Å². The summed E-state index contributed by atoms with van der Waals surface area (Å²) in [6.45, 7) is 4.15. The van der Waals surface area contributed by atoms with Crippen molar-refractivity contribution in [1.29, 1.82) is 0 Å². The van der Waals surface area contributed by atoms with E-state index in [0.29, 0.717) is 47.3 Å². The zero-order valence-electron chi connectivity index (χ0n) is 22.3. The number of alkyl halides is 7. The Kier molecular flexibility index (Phi) is 7.90. The molecular weight excluding hydrogens is 589 g/mol. The fourth-order valence-corrected chi connectivity index (χ4v) is 6.12. The van der Waals surface area contributed by atoms with Crippen molar-refractivity contribution in [2.45, 2.75) is 57.4 Å². The second kappa shape index (κ2) is 11.0. The molecule has 0 radical (unpaired) electrons. The van der Waals surface area contributed by atoms with Crippen molar-refractivity contribution < 1.29 is 40.3 Å². The highest BCUT2D eigenvalue weighted by Crippen LogP contribution is 2.39. The van der Waals surface area contributed by atoms with E-state index < -0.39 is 53.4 Å². The lowest BCUT2D eigenvalue weighted by molar-refractivity contribution is -0.143. The molecular formula is C28H25F7N4O2S. The molecule has 5 rings (SSSR count). The standard InChI is InChI=1S/C28H25F7N4O2S/c1-15(2)37-8-7-23(21(29)14-37)39-25(40)24(42-26(39)41)10-16-3-6-22-18(9-16)12-36-38(22)13-17-4-5-19(27(30,31)32)11-20(17)28(33,34)35/h3-6,9-12,15,21,23H,7-8,13-14H2,1-2H3/t21-,23?/m1/s1. The Morgan fingerprint density at radius 1 is 1.05 bits per heavy atom. The lowest BCUT2D eigenvalue weighted by Crippen LogP contribution is -2.55. The van der Waals surface area contributed by atoms with Crippen molar-refractivity contribution in [2.24, 2.45) is 0 Å². The van der Waals surface area contributed by atoms with Crippen molar-refractivity contribution in [3.63, 3.8) is 0 Å². The number of thioether (sulfide) groups is 1. The van der Waals surface area contributed by atoms with Gasteiger partial charge in [0.2, 0.25) is 0 Å². The quantitative estimate of drug-likeness (QED) is 0.229. The van der Waals surface area contributed by atoms with E-state index in [2.05, 4.69) is 5.10 Å². The number of benzene rings is 2. The van der Waals surface area contributed by atoms with E-state index in [1.807, 2.05) is 18.7 Å². The molecule has 2 saturated heterocycles. The first-order valence-corrected chi connectivity index (χ1v) is 13.8. The SMILES string of the molecule is CC(C)N1CCC(N2C(=O)SC(=Cc3ccc4c(cnn4Cc4ccc(C(F)(F)F)cc4C(F)(F)F)c3)C2=O)[C@H](F)C1. The molecule has 0 N–H and O–H groups in total. The average Bonchev–Trinajstić information content (AvgIpc) is 3.42. The van der Waals surface area contributed by atoms with Crippen LogP contribution in [-0.4, -0.2) is 62.1 Å². The average molecular weight is 615 g/mol. The molecule has 0 spiro atoms. The number of carbonyl (C=O) groups excluding carboxylic acids is 2. The zero-order valence-corrected chi connectivity index (χ0v) is 23.2. The number of amides is 2. The van der Waals surface area contributed by atoms with Crippen LogP contribution in [0, 0.1) is 0 Å². The number of piperidine rings is 1. The van der Waals surface area contributed by atoms with Crippen LogP contribution >= 0.6 is 11.8 Å². The number of fused-ring (bicyclic) bond motifs is 1. The molecule has 42 heavy (non-hydrogen) atoms. The van der Waals surface area contributed by atoms with Crippen molar-refractivity contribution in [2.75, 3.05) is 13.1 Å². The molecule has 3 aromatic rings. The van der Waals surface area contributed by atoms with Gasteiger partial charge in [0.15, 0.2) is 0 Å². The van der Waals surface area contributed by atoms with Crippen molar-refractivity contribution in [3.05, 3.63) is 69.8 Å². The number of likely N-dealkylation sites (tertiary alicyclic amines) is 1. The summed E-state index contributed by atoms with van der Waals surface area (Å²) in [5.74, 6) is -0.589. The number of hydrogen-bond acceptors (Lipinski definition) is 5. The maximum absolute atomic E-state index is 15.0. The van der Waals surface area contributed by atoms with Crippen LogP contribution in [0.5, 0.6) is 0 Å². The van der Waals surface area contributed by atoms with Crippen LogP contribution in [0.2, 0.25) is 0 Å². The molecule has 0 saturated carbocycles. The van der Waals surface area contributed by atoms with Crippen LogP contribution in [0.25, 0.3) is 17.0 Å². The molecule has 14 heteroatoms. The summed E-state index contributed by atoms with van der Waals surface area (Å²) in [4.78, 5) is 28.9. The highest BCUT2D eigenvalue weighted by molar-refractivity contribution is 8.18. The molecule has 6 nitrogen and oxygen atoms in total. The van der Waals surface area contributed by atoms with Crippen molar-refractivity contribution >= 4 is 39.9 Å². The molecule has 0 bridgehead atoms. The summed E-state index contributed by atoms with van der Waals surface area (Å²) < 4.78 is 96.1. The van der Waals surface area contributed by atoms with E-state index in [0.717, 1.165) is 11.0 Å². The van der Waals surface area contributed by atoms with Gasteiger partial charge in [0.05, 0.1) is 40.3 Å². The highest BCUT2D eigenvalue weighted by atomic mass is 32.2. The molecule has 1 aromatic heterocycles. The summed E-state index contributed by atoms with van der Waals surface area (Å²) in [6, 6.07) is 5.50. The van der Waals surface area contributed by atoms with E-state index in [9.17, 15) is 40.3 Å².